The molecule has 0 bridgehead atoms. The molecule has 1 unspecified atom stereocenters. The van der Waals surface area contributed by atoms with Crippen LogP contribution in [0.1, 0.15) is 16.1 Å². The van der Waals surface area contributed by atoms with Crippen LogP contribution in [-0.2, 0) is 4.79 Å². The van der Waals surface area contributed by atoms with Gasteiger partial charge in [0.2, 0.25) is 5.91 Å². The predicted octanol–water partition coefficient (Wildman–Crippen LogP) is 4.56. The van der Waals surface area contributed by atoms with E-state index in [9.17, 15) is 9.59 Å². The molecule has 2 aromatic carbocycles. The summed E-state index contributed by atoms with van der Waals surface area (Å²) in [4.78, 5) is 27.5. The fourth-order valence-corrected chi connectivity index (χ4v) is 4.67. The van der Waals surface area contributed by atoms with Gasteiger partial charge in [-0.2, -0.15) is 0 Å². The molecule has 0 aliphatic carbocycles. The van der Waals surface area contributed by atoms with Gasteiger partial charge >= 0.3 is 0 Å². The van der Waals surface area contributed by atoms with Crippen LogP contribution in [0.15, 0.2) is 46.9 Å². The fraction of sp³-hybridized carbons (Fsp3) is 0.238. The number of thioether (sulfide) groups is 1. The van der Waals surface area contributed by atoms with E-state index in [4.69, 9.17) is 20.8 Å². The van der Waals surface area contributed by atoms with Crippen LogP contribution in [0.5, 0.6) is 5.75 Å². The highest BCUT2D eigenvalue weighted by atomic mass is 35.5. The van der Waals surface area contributed by atoms with Crippen molar-refractivity contribution in [2.45, 2.75) is 13.0 Å². The number of hydrogen-bond acceptors (Lipinski definition) is 5. The number of halogens is 1. The SMILES string of the molecule is COc1ccc(NC(=O)C2CSCN2C(=O)c2oc3c(Cl)cccc3c2C)cc1. The summed E-state index contributed by atoms with van der Waals surface area (Å²) >= 11 is 7.73. The Morgan fingerprint density at radius 2 is 2.00 bits per heavy atom. The van der Waals surface area contributed by atoms with E-state index in [1.165, 1.54) is 11.8 Å². The highest BCUT2D eigenvalue weighted by Gasteiger charge is 2.37. The van der Waals surface area contributed by atoms with Gasteiger partial charge in [0.1, 0.15) is 11.8 Å². The van der Waals surface area contributed by atoms with Gasteiger partial charge in [-0.3, -0.25) is 9.59 Å². The van der Waals surface area contributed by atoms with Gasteiger partial charge in [0.05, 0.1) is 18.0 Å². The molecule has 0 spiro atoms. The van der Waals surface area contributed by atoms with E-state index >= 15 is 0 Å². The molecule has 150 valence electrons. The third-order valence-corrected chi connectivity index (χ3v) is 6.22. The van der Waals surface area contributed by atoms with Gasteiger partial charge in [0, 0.05) is 22.4 Å². The summed E-state index contributed by atoms with van der Waals surface area (Å²) in [5, 5.41) is 4.12. The van der Waals surface area contributed by atoms with Crippen molar-refractivity contribution in [1.29, 1.82) is 0 Å². The first-order chi connectivity index (χ1) is 14.0. The summed E-state index contributed by atoms with van der Waals surface area (Å²) in [6.07, 6.45) is 0. The summed E-state index contributed by atoms with van der Waals surface area (Å²) in [5.41, 5.74) is 1.85. The predicted molar refractivity (Wildman–Crippen MR) is 115 cm³/mol. The van der Waals surface area contributed by atoms with E-state index < -0.39 is 6.04 Å². The zero-order chi connectivity index (χ0) is 20.5. The van der Waals surface area contributed by atoms with Crippen LogP contribution >= 0.6 is 23.4 Å². The molecule has 6 nitrogen and oxygen atoms in total. The molecule has 4 rings (SSSR count). The second kappa shape index (κ2) is 8.00. The first kappa shape index (κ1) is 19.7. The Hall–Kier alpha value is -2.64. The number of carbonyl (C=O) groups is 2. The number of anilines is 1. The standard InChI is InChI=1S/C21H19ClN2O4S/c1-12-15-4-3-5-16(22)19(15)28-18(12)21(26)24-11-29-10-17(24)20(25)23-13-6-8-14(27-2)9-7-13/h3-9,17H,10-11H2,1-2H3,(H,23,25). The first-order valence-electron chi connectivity index (χ1n) is 9.01. The number of hydrogen-bond donors (Lipinski definition) is 1. The maximum atomic E-state index is 13.2. The summed E-state index contributed by atoms with van der Waals surface area (Å²) < 4.78 is 10.9. The number of benzene rings is 2. The summed E-state index contributed by atoms with van der Waals surface area (Å²) in [6, 6.07) is 11.9. The molecule has 8 heteroatoms. The van der Waals surface area contributed by atoms with E-state index in [-0.39, 0.29) is 17.6 Å². The minimum atomic E-state index is -0.585. The molecule has 1 aliphatic heterocycles. The van der Waals surface area contributed by atoms with Crippen LogP contribution in [0, 0.1) is 6.92 Å². The van der Waals surface area contributed by atoms with Gasteiger partial charge < -0.3 is 19.4 Å². The Balaban J connectivity index is 1.56. The number of nitrogens with one attached hydrogen (secondary N) is 1. The molecule has 1 aliphatic rings. The molecule has 3 aromatic rings. The number of carbonyl (C=O) groups excluding carboxylic acids is 2. The number of amides is 2. The number of methoxy groups -OCH3 is 1. The molecule has 1 atom stereocenters. The minimum Gasteiger partial charge on any atom is -0.497 e. The van der Waals surface area contributed by atoms with Crippen molar-refractivity contribution in [3.63, 3.8) is 0 Å². The smallest absolute Gasteiger partial charge is 0.291 e. The van der Waals surface area contributed by atoms with Gasteiger partial charge in [-0.15, -0.1) is 11.8 Å². The third-order valence-electron chi connectivity index (χ3n) is 4.91. The zero-order valence-corrected chi connectivity index (χ0v) is 17.5. The average molecular weight is 431 g/mol. The largest absolute Gasteiger partial charge is 0.497 e. The normalized spacial score (nSPS) is 16.2. The van der Waals surface area contributed by atoms with Gasteiger partial charge in [0.15, 0.2) is 11.3 Å². The maximum Gasteiger partial charge on any atom is 0.291 e. The summed E-state index contributed by atoms with van der Waals surface area (Å²) in [5.74, 6) is 1.32. The maximum absolute atomic E-state index is 13.2. The number of rotatable bonds is 4. The molecule has 0 saturated carbocycles. The van der Waals surface area contributed by atoms with Crippen molar-refractivity contribution in [2.75, 3.05) is 24.1 Å². The quantitative estimate of drug-likeness (QED) is 0.657. The highest BCUT2D eigenvalue weighted by molar-refractivity contribution is 7.99. The van der Waals surface area contributed by atoms with Crippen LogP contribution in [0.3, 0.4) is 0 Å². The van der Waals surface area contributed by atoms with Crippen molar-refractivity contribution >= 4 is 51.8 Å². The van der Waals surface area contributed by atoms with Crippen molar-refractivity contribution in [3.8, 4) is 5.75 Å². The van der Waals surface area contributed by atoms with Gasteiger partial charge in [0.25, 0.3) is 5.91 Å². The Labute approximate surface area is 177 Å². The highest BCUT2D eigenvalue weighted by Crippen LogP contribution is 2.33. The molecular weight excluding hydrogens is 412 g/mol. The second-order valence-electron chi connectivity index (χ2n) is 6.68. The Bertz CT molecular complexity index is 1080. The molecule has 1 aromatic heterocycles. The number of fused-ring (bicyclic) bond motifs is 1. The van der Waals surface area contributed by atoms with Crippen LogP contribution in [0.25, 0.3) is 11.0 Å². The second-order valence-corrected chi connectivity index (χ2v) is 8.09. The number of ether oxygens (including phenoxy) is 1. The molecule has 2 amide bonds. The lowest BCUT2D eigenvalue weighted by atomic mass is 10.1. The molecule has 29 heavy (non-hydrogen) atoms. The summed E-state index contributed by atoms with van der Waals surface area (Å²) in [7, 11) is 1.58. The summed E-state index contributed by atoms with van der Waals surface area (Å²) in [6.45, 7) is 1.82. The number of nitrogens with zero attached hydrogens (tertiary/aromatic N) is 1. The molecule has 1 fully saturated rings. The van der Waals surface area contributed by atoms with E-state index in [1.54, 1.807) is 42.3 Å². The molecule has 0 radical (unpaired) electrons. The number of furan rings is 1. The monoisotopic (exact) mass is 430 g/mol. The van der Waals surface area contributed by atoms with E-state index in [1.807, 2.05) is 19.1 Å². The topological polar surface area (TPSA) is 71.8 Å². The lowest BCUT2D eigenvalue weighted by molar-refractivity contribution is -0.119. The zero-order valence-electron chi connectivity index (χ0n) is 15.9. The first-order valence-corrected chi connectivity index (χ1v) is 10.5. The Morgan fingerprint density at radius 3 is 2.69 bits per heavy atom. The van der Waals surface area contributed by atoms with Crippen LogP contribution < -0.4 is 10.1 Å². The molecule has 1 saturated heterocycles. The Morgan fingerprint density at radius 1 is 1.24 bits per heavy atom. The van der Waals surface area contributed by atoms with Crippen molar-refractivity contribution < 1.29 is 18.7 Å². The van der Waals surface area contributed by atoms with E-state index in [0.717, 1.165) is 10.9 Å². The average Bonchev–Trinajstić information content (AvgIpc) is 3.34. The molecule has 2 heterocycles. The number of aryl methyl sites for hydroxylation is 1. The Kier molecular flexibility index (Phi) is 5.43. The van der Waals surface area contributed by atoms with Crippen molar-refractivity contribution in [3.05, 3.63) is 58.8 Å². The van der Waals surface area contributed by atoms with Gasteiger partial charge in [-0.25, -0.2) is 0 Å². The van der Waals surface area contributed by atoms with Crippen LogP contribution in [-0.4, -0.2) is 41.5 Å². The van der Waals surface area contributed by atoms with Crippen LogP contribution in [0.4, 0.5) is 5.69 Å². The minimum absolute atomic E-state index is 0.220. The fourth-order valence-electron chi connectivity index (χ4n) is 3.30. The van der Waals surface area contributed by atoms with Gasteiger partial charge in [-0.05, 0) is 37.3 Å². The van der Waals surface area contributed by atoms with E-state index in [2.05, 4.69) is 5.32 Å². The molecular formula is C21H19ClN2O4S. The number of para-hydroxylation sites is 1. The van der Waals surface area contributed by atoms with Crippen molar-refractivity contribution in [2.24, 2.45) is 0 Å². The van der Waals surface area contributed by atoms with Gasteiger partial charge in [-0.1, -0.05) is 23.7 Å². The third kappa shape index (κ3) is 3.68. The van der Waals surface area contributed by atoms with Crippen molar-refractivity contribution in [1.82, 2.24) is 4.90 Å². The van der Waals surface area contributed by atoms with Crippen LogP contribution in [0.2, 0.25) is 5.02 Å². The lowest BCUT2D eigenvalue weighted by Gasteiger charge is -2.22. The molecule has 1 N–H and O–H groups in total. The lowest BCUT2D eigenvalue weighted by Crippen LogP contribution is -2.44. The van der Waals surface area contributed by atoms with E-state index in [0.29, 0.717) is 33.7 Å².